The molecular weight excluding hydrogens is 394 g/mol. The van der Waals surface area contributed by atoms with Crippen molar-refractivity contribution in [2.75, 3.05) is 12.4 Å². The molecule has 0 fully saturated rings. The molecule has 0 aliphatic carbocycles. The first kappa shape index (κ1) is 20.3. The molecule has 4 aromatic rings. The number of rotatable bonds is 8. The standard InChI is InChI=1S/C24H23N3O4/c1-17-14-23(26-27(17)15-18-6-4-3-5-7-18)25-24(28)22-13-12-21(31-22)16-30-20-10-8-19(29-2)9-11-20/h3-14H,15-16H2,1-2H3,(H,25,26,28). The second kappa shape index (κ2) is 9.21. The number of amides is 1. The number of anilines is 1. The van der Waals surface area contributed by atoms with Gasteiger partial charge in [-0.05, 0) is 48.9 Å². The van der Waals surface area contributed by atoms with Crippen LogP contribution in [0.1, 0.15) is 27.6 Å². The van der Waals surface area contributed by atoms with E-state index in [1.165, 1.54) is 0 Å². The molecule has 7 heteroatoms. The molecule has 7 nitrogen and oxygen atoms in total. The number of benzene rings is 2. The van der Waals surface area contributed by atoms with Crippen molar-refractivity contribution in [3.05, 3.63) is 95.6 Å². The molecular formula is C24H23N3O4. The fourth-order valence-electron chi connectivity index (χ4n) is 3.07. The van der Waals surface area contributed by atoms with Crippen LogP contribution in [0.15, 0.2) is 77.2 Å². The Morgan fingerprint density at radius 2 is 1.77 bits per heavy atom. The third-order valence-corrected chi connectivity index (χ3v) is 4.72. The molecule has 31 heavy (non-hydrogen) atoms. The Kier molecular flexibility index (Phi) is 6.03. The Labute approximate surface area is 180 Å². The molecule has 4 rings (SSSR count). The van der Waals surface area contributed by atoms with E-state index < -0.39 is 0 Å². The lowest BCUT2D eigenvalue weighted by Crippen LogP contribution is -2.12. The number of hydrogen-bond acceptors (Lipinski definition) is 5. The number of aromatic nitrogens is 2. The van der Waals surface area contributed by atoms with Gasteiger partial charge in [-0.25, -0.2) is 0 Å². The van der Waals surface area contributed by atoms with E-state index in [0.29, 0.717) is 23.9 Å². The highest BCUT2D eigenvalue weighted by atomic mass is 16.5. The minimum absolute atomic E-state index is 0.198. The molecule has 0 atom stereocenters. The van der Waals surface area contributed by atoms with Crippen LogP contribution in [-0.2, 0) is 13.2 Å². The monoisotopic (exact) mass is 417 g/mol. The van der Waals surface area contributed by atoms with Crippen LogP contribution >= 0.6 is 0 Å². The van der Waals surface area contributed by atoms with E-state index in [-0.39, 0.29) is 18.3 Å². The number of carbonyl (C=O) groups is 1. The van der Waals surface area contributed by atoms with Gasteiger partial charge in [0.25, 0.3) is 5.91 Å². The van der Waals surface area contributed by atoms with E-state index in [1.54, 1.807) is 19.2 Å². The largest absolute Gasteiger partial charge is 0.497 e. The minimum Gasteiger partial charge on any atom is -0.497 e. The van der Waals surface area contributed by atoms with E-state index >= 15 is 0 Å². The summed E-state index contributed by atoms with van der Waals surface area (Å²) < 4.78 is 18.3. The Morgan fingerprint density at radius 1 is 1.03 bits per heavy atom. The van der Waals surface area contributed by atoms with Crippen molar-refractivity contribution in [2.45, 2.75) is 20.1 Å². The van der Waals surface area contributed by atoms with Gasteiger partial charge in [0.1, 0.15) is 23.9 Å². The van der Waals surface area contributed by atoms with Crippen LogP contribution < -0.4 is 14.8 Å². The molecule has 0 aliphatic heterocycles. The molecule has 0 radical (unpaired) electrons. The summed E-state index contributed by atoms with van der Waals surface area (Å²) in [6.45, 7) is 2.80. The van der Waals surface area contributed by atoms with Crippen molar-refractivity contribution in [2.24, 2.45) is 0 Å². The maximum atomic E-state index is 12.5. The summed E-state index contributed by atoms with van der Waals surface area (Å²) in [4.78, 5) is 12.5. The summed E-state index contributed by atoms with van der Waals surface area (Å²) in [7, 11) is 1.61. The van der Waals surface area contributed by atoms with Gasteiger partial charge in [-0.15, -0.1) is 0 Å². The molecule has 0 spiro atoms. The number of nitrogens with zero attached hydrogens (tertiary/aromatic N) is 2. The van der Waals surface area contributed by atoms with Crippen molar-refractivity contribution >= 4 is 11.7 Å². The lowest BCUT2D eigenvalue weighted by Gasteiger charge is -2.05. The molecule has 2 aromatic heterocycles. The summed E-state index contributed by atoms with van der Waals surface area (Å²) in [5, 5.41) is 7.26. The SMILES string of the molecule is COc1ccc(OCc2ccc(C(=O)Nc3cc(C)n(Cc4ccccc4)n3)o2)cc1. The quantitative estimate of drug-likeness (QED) is 0.451. The van der Waals surface area contributed by atoms with E-state index in [4.69, 9.17) is 13.9 Å². The third kappa shape index (κ3) is 5.14. The zero-order chi connectivity index (χ0) is 21.6. The average molecular weight is 417 g/mol. The van der Waals surface area contributed by atoms with Gasteiger partial charge in [-0.1, -0.05) is 30.3 Å². The van der Waals surface area contributed by atoms with Crippen LogP contribution in [0.25, 0.3) is 0 Å². The molecule has 158 valence electrons. The predicted octanol–water partition coefficient (Wildman–Crippen LogP) is 4.67. The van der Waals surface area contributed by atoms with Crippen molar-refractivity contribution in [3.8, 4) is 11.5 Å². The number of carbonyl (C=O) groups excluding carboxylic acids is 1. The summed E-state index contributed by atoms with van der Waals surface area (Å²) in [6, 6.07) is 22.5. The minimum atomic E-state index is -0.361. The van der Waals surface area contributed by atoms with Gasteiger partial charge in [0.05, 0.1) is 13.7 Å². The van der Waals surface area contributed by atoms with Crippen LogP contribution in [-0.4, -0.2) is 22.8 Å². The highest BCUT2D eigenvalue weighted by molar-refractivity contribution is 6.01. The molecule has 0 unspecified atom stereocenters. The molecule has 0 saturated heterocycles. The maximum absolute atomic E-state index is 12.5. The number of aryl methyl sites for hydroxylation is 1. The summed E-state index contributed by atoms with van der Waals surface area (Å²) >= 11 is 0. The van der Waals surface area contributed by atoms with Gasteiger partial charge in [-0.3, -0.25) is 9.48 Å². The van der Waals surface area contributed by atoms with Gasteiger partial charge in [-0.2, -0.15) is 5.10 Å². The smallest absolute Gasteiger partial charge is 0.292 e. The highest BCUT2D eigenvalue weighted by Crippen LogP contribution is 2.19. The Bertz CT molecular complexity index is 1150. The number of hydrogen-bond donors (Lipinski definition) is 1. The molecule has 2 aromatic carbocycles. The molecule has 0 saturated carbocycles. The number of nitrogens with one attached hydrogen (secondary N) is 1. The summed E-state index contributed by atoms with van der Waals surface area (Å²) in [6.07, 6.45) is 0. The van der Waals surface area contributed by atoms with Crippen molar-refractivity contribution in [3.63, 3.8) is 0 Å². The number of ether oxygens (including phenoxy) is 2. The van der Waals surface area contributed by atoms with Crippen molar-refractivity contribution in [1.29, 1.82) is 0 Å². The van der Waals surface area contributed by atoms with Crippen LogP contribution in [0, 0.1) is 6.92 Å². The van der Waals surface area contributed by atoms with E-state index in [0.717, 1.165) is 17.0 Å². The number of furan rings is 1. The first-order valence-corrected chi connectivity index (χ1v) is 9.86. The molecule has 1 amide bonds. The first-order valence-electron chi connectivity index (χ1n) is 9.86. The molecule has 0 aliphatic rings. The Balaban J connectivity index is 1.35. The Hall–Kier alpha value is -4.00. The molecule has 2 heterocycles. The van der Waals surface area contributed by atoms with Crippen LogP contribution in [0.4, 0.5) is 5.82 Å². The molecule has 0 bridgehead atoms. The highest BCUT2D eigenvalue weighted by Gasteiger charge is 2.14. The van der Waals surface area contributed by atoms with Crippen molar-refractivity contribution < 1.29 is 18.7 Å². The van der Waals surface area contributed by atoms with Gasteiger partial charge < -0.3 is 19.2 Å². The zero-order valence-electron chi connectivity index (χ0n) is 17.4. The normalized spacial score (nSPS) is 10.6. The zero-order valence-corrected chi connectivity index (χ0v) is 17.4. The summed E-state index contributed by atoms with van der Waals surface area (Å²) in [5.41, 5.74) is 2.09. The van der Waals surface area contributed by atoms with Crippen molar-refractivity contribution in [1.82, 2.24) is 9.78 Å². The van der Waals surface area contributed by atoms with Gasteiger partial charge in [0, 0.05) is 11.8 Å². The second-order valence-electron chi connectivity index (χ2n) is 7.00. The van der Waals surface area contributed by atoms with Crippen LogP contribution in [0.5, 0.6) is 11.5 Å². The Morgan fingerprint density at radius 3 is 2.52 bits per heavy atom. The van der Waals surface area contributed by atoms with Crippen LogP contribution in [0.2, 0.25) is 0 Å². The van der Waals surface area contributed by atoms with E-state index in [2.05, 4.69) is 10.4 Å². The van der Waals surface area contributed by atoms with E-state index in [1.807, 2.05) is 72.3 Å². The lowest BCUT2D eigenvalue weighted by atomic mass is 10.2. The van der Waals surface area contributed by atoms with Gasteiger partial charge in [0.2, 0.25) is 0 Å². The maximum Gasteiger partial charge on any atom is 0.292 e. The van der Waals surface area contributed by atoms with E-state index in [9.17, 15) is 4.79 Å². The lowest BCUT2D eigenvalue weighted by molar-refractivity contribution is 0.0992. The summed E-state index contributed by atoms with van der Waals surface area (Å²) in [5.74, 6) is 2.30. The van der Waals surface area contributed by atoms with Crippen LogP contribution in [0.3, 0.4) is 0 Å². The topological polar surface area (TPSA) is 78.5 Å². The average Bonchev–Trinajstić information content (AvgIpc) is 3.40. The van der Waals surface area contributed by atoms with Gasteiger partial charge >= 0.3 is 0 Å². The predicted molar refractivity (Wildman–Crippen MR) is 116 cm³/mol. The first-order chi connectivity index (χ1) is 15.1. The second-order valence-corrected chi connectivity index (χ2v) is 7.00. The fraction of sp³-hybridized carbons (Fsp3) is 0.167. The number of methoxy groups -OCH3 is 1. The third-order valence-electron chi connectivity index (χ3n) is 4.72. The molecule has 1 N–H and O–H groups in total. The van der Waals surface area contributed by atoms with Gasteiger partial charge in [0.15, 0.2) is 11.6 Å². The fourth-order valence-corrected chi connectivity index (χ4v) is 3.07.